The van der Waals surface area contributed by atoms with E-state index in [0.29, 0.717) is 0 Å². The lowest BCUT2D eigenvalue weighted by Gasteiger charge is -2.20. The molecular weight excluding hydrogens is 249 g/mol. The van der Waals surface area contributed by atoms with Gasteiger partial charge < -0.3 is 5.32 Å². The number of hydrogen-bond acceptors (Lipinski definition) is 1. The van der Waals surface area contributed by atoms with Gasteiger partial charge in [0.25, 0.3) is 0 Å². The second-order valence-electron chi connectivity index (χ2n) is 4.77. The van der Waals surface area contributed by atoms with Crippen LogP contribution in [-0.4, -0.2) is 7.05 Å². The normalized spacial score (nSPS) is 18.1. The third kappa shape index (κ3) is 3.12. The topological polar surface area (TPSA) is 12.0 Å². The van der Waals surface area contributed by atoms with Crippen LogP contribution in [0.15, 0.2) is 29.8 Å². The van der Waals surface area contributed by atoms with E-state index in [1.807, 2.05) is 13.1 Å². The molecule has 1 aromatic rings. The summed E-state index contributed by atoms with van der Waals surface area (Å²) < 4.78 is 13.2. The largest absolute Gasteiger partial charge is 0.310 e. The van der Waals surface area contributed by atoms with E-state index < -0.39 is 0 Å². The third-order valence-corrected chi connectivity index (χ3v) is 3.80. The van der Waals surface area contributed by atoms with Crippen molar-refractivity contribution in [1.29, 1.82) is 0 Å². The number of allylic oxidation sites excluding steroid dienone is 1. The van der Waals surface area contributed by atoms with Crippen molar-refractivity contribution in [3.63, 3.8) is 0 Å². The summed E-state index contributed by atoms with van der Waals surface area (Å²) in [4.78, 5) is 0. The molecule has 0 bridgehead atoms. The Hall–Kier alpha value is -0.860. The Morgan fingerprint density at radius 2 is 2.11 bits per heavy atom. The van der Waals surface area contributed by atoms with Crippen LogP contribution in [0.1, 0.15) is 43.7 Å². The first-order chi connectivity index (χ1) is 8.72. The molecule has 1 N–H and O–H groups in total. The van der Waals surface area contributed by atoms with Gasteiger partial charge in [-0.1, -0.05) is 35.7 Å². The van der Waals surface area contributed by atoms with Gasteiger partial charge in [-0.3, -0.25) is 0 Å². The molecule has 0 spiro atoms. The van der Waals surface area contributed by atoms with Crippen LogP contribution < -0.4 is 5.32 Å². The van der Waals surface area contributed by atoms with Gasteiger partial charge in [0.2, 0.25) is 0 Å². The van der Waals surface area contributed by atoms with Gasteiger partial charge in [0.1, 0.15) is 5.82 Å². The maximum absolute atomic E-state index is 13.2. The van der Waals surface area contributed by atoms with E-state index in [-0.39, 0.29) is 16.9 Å². The molecule has 0 aromatic heterocycles. The second kappa shape index (κ2) is 6.35. The summed E-state index contributed by atoms with van der Waals surface area (Å²) in [5.41, 5.74) is 2.44. The highest BCUT2D eigenvalue weighted by Gasteiger charge is 2.16. The zero-order valence-corrected chi connectivity index (χ0v) is 11.4. The van der Waals surface area contributed by atoms with E-state index in [4.69, 9.17) is 11.6 Å². The lowest BCUT2D eigenvalue weighted by atomic mass is 9.95. The fourth-order valence-electron chi connectivity index (χ4n) is 2.56. The van der Waals surface area contributed by atoms with E-state index in [0.717, 1.165) is 18.4 Å². The summed E-state index contributed by atoms with van der Waals surface area (Å²) in [6, 6.07) is 5.14. The molecule has 1 atom stereocenters. The highest BCUT2D eigenvalue weighted by molar-refractivity contribution is 6.30. The molecule has 18 heavy (non-hydrogen) atoms. The molecular formula is C15H19ClFN. The Kier molecular flexibility index (Phi) is 4.79. The Bertz CT molecular complexity index is 442. The number of rotatable bonds is 3. The Labute approximate surface area is 113 Å². The van der Waals surface area contributed by atoms with Crippen molar-refractivity contribution in [2.45, 2.75) is 38.1 Å². The van der Waals surface area contributed by atoms with Crippen molar-refractivity contribution < 1.29 is 4.39 Å². The molecule has 0 saturated heterocycles. The van der Waals surface area contributed by atoms with Gasteiger partial charge in [-0.25, -0.2) is 4.39 Å². The van der Waals surface area contributed by atoms with Gasteiger partial charge in [0.05, 0.1) is 11.1 Å². The lowest BCUT2D eigenvalue weighted by molar-refractivity contribution is 0.614. The lowest BCUT2D eigenvalue weighted by Crippen LogP contribution is -2.18. The molecule has 0 aliphatic heterocycles. The standard InChI is InChI=1S/C15H19ClFN/c1-18-15(11-6-4-2-3-5-7-11)12-8-9-14(17)13(16)10-12/h6,8-10,15,18H,2-5,7H2,1H3. The molecule has 2 rings (SSSR count). The Morgan fingerprint density at radius 3 is 2.83 bits per heavy atom. The first kappa shape index (κ1) is 13.6. The van der Waals surface area contributed by atoms with Crippen molar-refractivity contribution in [3.05, 3.63) is 46.3 Å². The van der Waals surface area contributed by atoms with Gasteiger partial charge in [-0.15, -0.1) is 0 Å². The van der Waals surface area contributed by atoms with Crippen molar-refractivity contribution in [2.24, 2.45) is 0 Å². The average molecular weight is 268 g/mol. The quantitative estimate of drug-likeness (QED) is 0.788. The van der Waals surface area contributed by atoms with Crippen LogP contribution in [0.25, 0.3) is 0 Å². The Balaban J connectivity index is 2.26. The number of halogens is 2. The summed E-state index contributed by atoms with van der Waals surface area (Å²) in [6.45, 7) is 0. The van der Waals surface area contributed by atoms with Crippen LogP contribution in [0.2, 0.25) is 5.02 Å². The highest BCUT2D eigenvalue weighted by atomic mass is 35.5. The van der Waals surface area contributed by atoms with Crippen LogP contribution in [0.5, 0.6) is 0 Å². The molecule has 1 aliphatic carbocycles. The van der Waals surface area contributed by atoms with Crippen molar-refractivity contribution in [1.82, 2.24) is 5.32 Å². The van der Waals surface area contributed by atoms with Crippen LogP contribution >= 0.6 is 11.6 Å². The predicted molar refractivity (Wildman–Crippen MR) is 74.4 cm³/mol. The monoisotopic (exact) mass is 267 g/mol. The molecule has 1 nitrogen and oxygen atoms in total. The summed E-state index contributed by atoms with van der Waals surface area (Å²) in [5, 5.41) is 3.51. The number of benzene rings is 1. The van der Waals surface area contributed by atoms with Gasteiger partial charge in [0, 0.05) is 0 Å². The summed E-state index contributed by atoms with van der Waals surface area (Å²) in [5.74, 6) is -0.356. The van der Waals surface area contributed by atoms with Gasteiger partial charge in [0.15, 0.2) is 0 Å². The third-order valence-electron chi connectivity index (χ3n) is 3.51. The minimum atomic E-state index is -0.356. The predicted octanol–water partition coefficient (Wildman–Crippen LogP) is 4.63. The summed E-state index contributed by atoms with van der Waals surface area (Å²) in [7, 11) is 1.94. The maximum atomic E-state index is 13.2. The van der Waals surface area contributed by atoms with Gasteiger partial charge in [-0.2, -0.15) is 0 Å². The SMILES string of the molecule is CNC(C1=CCCCCC1)c1ccc(F)c(Cl)c1. The van der Waals surface area contributed by atoms with Gasteiger partial charge in [-0.05, 0) is 50.4 Å². The van der Waals surface area contributed by atoms with Crippen molar-refractivity contribution in [2.75, 3.05) is 7.05 Å². The number of likely N-dealkylation sites (N-methyl/N-ethyl adjacent to an activating group) is 1. The molecule has 1 unspecified atom stereocenters. The molecule has 1 aromatic carbocycles. The fraction of sp³-hybridized carbons (Fsp3) is 0.467. The number of nitrogens with one attached hydrogen (secondary N) is 1. The molecule has 98 valence electrons. The molecule has 0 saturated carbocycles. The van der Waals surface area contributed by atoms with E-state index in [2.05, 4.69) is 11.4 Å². The highest BCUT2D eigenvalue weighted by Crippen LogP contribution is 2.30. The smallest absolute Gasteiger partial charge is 0.141 e. The molecule has 0 amide bonds. The van der Waals surface area contributed by atoms with Crippen molar-refractivity contribution >= 4 is 11.6 Å². The van der Waals surface area contributed by atoms with Crippen LogP contribution in [0.4, 0.5) is 4.39 Å². The van der Waals surface area contributed by atoms with E-state index >= 15 is 0 Å². The summed E-state index contributed by atoms with van der Waals surface area (Å²) in [6.07, 6.45) is 8.37. The molecule has 0 radical (unpaired) electrons. The van der Waals surface area contributed by atoms with Crippen molar-refractivity contribution in [3.8, 4) is 0 Å². The zero-order chi connectivity index (χ0) is 13.0. The fourth-order valence-corrected chi connectivity index (χ4v) is 2.75. The number of hydrogen-bond donors (Lipinski definition) is 1. The van der Waals surface area contributed by atoms with E-state index in [1.165, 1.54) is 30.9 Å². The minimum absolute atomic E-state index is 0.154. The molecule has 3 heteroatoms. The van der Waals surface area contributed by atoms with Crippen LogP contribution in [-0.2, 0) is 0 Å². The van der Waals surface area contributed by atoms with E-state index in [1.54, 1.807) is 6.07 Å². The summed E-state index contributed by atoms with van der Waals surface area (Å²) >= 11 is 5.86. The van der Waals surface area contributed by atoms with Crippen LogP contribution in [0, 0.1) is 5.82 Å². The molecule has 0 heterocycles. The Morgan fingerprint density at radius 1 is 1.28 bits per heavy atom. The average Bonchev–Trinajstić information content (AvgIpc) is 2.64. The molecule has 0 fully saturated rings. The minimum Gasteiger partial charge on any atom is -0.310 e. The van der Waals surface area contributed by atoms with Crippen LogP contribution in [0.3, 0.4) is 0 Å². The van der Waals surface area contributed by atoms with Gasteiger partial charge >= 0.3 is 0 Å². The zero-order valence-electron chi connectivity index (χ0n) is 10.7. The first-order valence-corrected chi connectivity index (χ1v) is 6.91. The second-order valence-corrected chi connectivity index (χ2v) is 5.18. The molecule has 1 aliphatic rings. The van der Waals surface area contributed by atoms with E-state index in [9.17, 15) is 4.39 Å². The first-order valence-electron chi connectivity index (χ1n) is 6.53. The maximum Gasteiger partial charge on any atom is 0.141 e.